The van der Waals surface area contributed by atoms with Crippen LogP contribution in [-0.4, -0.2) is 64.7 Å². The molecule has 5 aliphatic rings. The van der Waals surface area contributed by atoms with E-state index in [0.29, 0.717) is 23.7 Å². The van der Waals surface area contributed by atoms with Crippen molar-refractivity contribution >= 4 is 5.97 Å². The molecule has 0 amide bonds. The average molecular weight is 815 g/mol. The molecule has 7 heteroatoms. The first kappa shape index (κ1) is 48.0. The lowest BCUT2D eigenvalue weighted by Gasteiger charge is -2.58. The van der Waals surface area contributed by atoms with Gasteiger partial charge in [0.1, 0.15) is 31.0 Å². The van der Waals surface area contributed by atoms with E-state index in [1.54, 1.807) is 5.57 Å². The number of allylic oxidation sites excluding steroid dienone is 2. The Morgan fingerprint density at radius 1 is 0.776 bits per heavy atom. The number of fused-ring (bicyclic) bond motifs is 5. The first-order valence-corrected chi connectivity index (χ1v) is 25.0. The summed E-state index contributed by atoms with van der Waals surface area (Å²) < 4.78 is 18.1. The Morgan fingerprint density at radius 3 is 2.03 bits per heavy atom. The van der Waals surface area contributed by atoms with Crippen molar-refractivity contribution in [2.45, 2.75) is 246 Å². The van der Waals surface area contributed by atoms with Crippen LogP contribution >= 0.6 is 0 Å². The van der Waals surface area contributed by atoms with Gasteiger partial charge in [0.05, 0.1) is 6.10 Å². The molecular formula is C51H90O7. The predicted octanol–water partition coefficient (Wildman–Crippen LogP) is 11.9. The highest BCUT2D eigenvalue weighted by atomic mass is 16.7. The third-order valence-electron chi connectivity index (χ3n) is 17.1. The lowest BCUT2D eigenvalue weighted by molar-refractivity contribution is -0.316. The molecule has 3 saturated carbocycles. The van der Waals surface area contributed by atoms with E-state index in [0.717, 1.165) is 74.5 Å². The summed E-state index contributed by atoms with van der Waals surface area (Å²) in [6, 6.07) is 0. The van der Waals surface area contributed by atoms with Crippen molar-refractivity contribution in [2.24, 2.45) is 52.3 Å². The molecular weight excluding hydrogens is 725 g/mol. The number of aliphatic hydroxyl groups is 3. The maximum Gasteiger partial charge on any atom is 0.305 e. The number of carbonyl (C=O) groups is 1. The summed E-state index contributed by atoms with van der Waals surface area (Å²) in [5, 5.41) is 32.5. The van der Waals surface area contributed by atoms with Crippen molar-refractivity contribution in [1.29, 1.82) is 0 Å². The molecule has 0 aromatic rings. The van der Waals surface area contributed by atoms with Gasteiger partial charge in [-0.3, -0.25) is 4.79 Å². The van der Waals surface area contributed by atoms with E-state index in [2.05, 4.69) is 54.5 Å². The molecule has 1 saturated heterocycles. The number of hydrogen-bond donors (Lipinski definition) is 3. The van der Waals surface area contributed by atoms with Crippen LogP contribution < -0.4 is 0 Å². The largest absolute Gasteiger partial charge is 0.463 e. The van der Waals surface area contributed by atoms with Gasteiger partial charge in [0, 0.05) is 6.42 Å². The molecule has 4 fully saturated rings. The monoisotopic (exact) mass is 815 g/mol. The number of ether oxygens (including phenoxy) is 3. The Balaban J connectivity index is 1.04. The van der Waals surface area contributed by atoms with Crippen LogP contribution in [0.3, 0.4) is 0 Å². The van der Waals surface area contributed by atoms with E-state index in [4.69, 9.17) is 14.2 Å². The number of aliphatic hydroxyl groups excluding tert-OH is 3. The van der Waals surface area contributed by atoms with Gasteiger partial charge in [0.2, 0.25) is 0 Å². The van der Waals surface area contributed by atoms with Crippen LogP contribution in [0.5, 0.6) is 0 Å². The zero-order chi connectivity index (χ0) is 41.9. The van der Waals surface area contributed by atoms with E-state index in [9.17, 15) is 20.1 Å². The molecule has 14 atom stereocenters. The lowest BCUT2D eigenvalue weighted by atomic mass is 9.47. The molecule has 1 aliphatic heterocycles. The smallest absolute Gasteiger partial charge is 0.305 e. The molecule has 1 heterocycles. The number of unbranched alkanes of at least 4 members (excludes halogenated alkanes) is 12. The molecule has 58 heavy (non-hydrogen) atoms. The Bertz CT molecular complexity index is 1250. The first-order valence-electron chi connectivity index (χ1n) is 25.0. The summed E-state index contributed by atoms with van der Waals surface area (Å²) in [5.74, 6) is 4.78. The summed E-state index contributed by atoms with van der Waals surface area (Å²) in [6.45, 7) is 17.0. The Hall–Kier alpha value is -0.990. The first-order chi connectivity index (χ1) is 27.8. The molecule has 0 spiro atoms. The van der Waals surface area contributed by atoms with E-state index in [1.165, 1.54) is 109 Å². The highest BCUT2D eigenvalue weighted by Gasteiger charge is 2.58. The molecule has 0 unspecified atom stereocenters. The van der Waals surface area contributed by atoms with Gasteiger partial charge in [-0.1, -0.05) is 150 Å². The molecule has 0 bridgehead atoms. The number of esters is 1. The molecule has 4 aliphatic carbocycles. The fraction of sp³-hybridized carbons (Fsp3) is 0.941. The minimum atomic E-state index is -1.43. The fourth-order valence-electron chi connectivity index (χ4n) is 13.1. The predicted molar refractivity (Wildman–Crippen MR) is 235 cm³/mol. The summed E-state index contributed by atoms with van der Waals surface area (Å²) in [5.41, 5.74) is 2.44. The van der Waals surface area contributed by atoms with Gasteiger partial charge in [-0.2, -0.15) is 0 Å². The second-order valence-electron chi connectivity index (χ2n) is 21.2. The average Bonchev–Trinajstić information content (AvgIpc) is 3.56. The molecule has 0 aromatic carbocycles. The normalized spacial score (nSPS) is 37.1. The Morgan fingerprint density at radius 2 is 1.40 bits per heavy atom. The van der Waals surface area contributed by atoms with Crippen LogP contribution in [0.2, 0.25) is 0 Å². The highest BCUT2D eigenvalue weighted by molar-refractivity contribution is 5.69. The third-order valence-corrected chi connectivity index (χ3v) is 17.1. The maximum absolute atomic E-state index is 12.6. The van der Waals surface area contributed by atoms with Crippen molar-refractivity contribution < 1.29 is 34.3 Å². The van der Waals surface area contributed by atoms with E-state index in [-0.39, 0.29) is 24.1 Å². The molecule has 0 radical (unpaired) electrons. The van der Waals surface area contributed by atoms with Crippen molar-refractivity contribution in [3.05, 3.63) is 11.6 Å². The van der Waals surface area contributed by atoms with E-state index >= 15 is 0 Å². The van der Waals surface area contributed by atoms with Crippen molar-refractivity contribution in [3.8, 4) is 0 Å². The molecule has 3 N–H and O–H groups in total. The molecule has 336 valence electrons. The number of hydrogen-bond acceptors (Lipinski definition) is 7. The van der Waals surface area contributed by atoms with Crippen LogP contribution in [0.1, 0.15) is 209 Å². The van der Waals surface area contributed by atoms with Crippen LogP contribution in [0.4, 0.5) is 0 Å². The summed E-state index contributed by atoms with van der Waals surface area (Å²) in [7, 11) is 0. The zero-order valence-electron chi connectivity index (χ0n) is 38.4. The van der Waals surface area contributed by atoms with Crippen LogP contribution in [0.25, 0.3) is 0 Å². The standard InChI is InChI=1S/C51H90O7/c1-8-10-11-12-13-14-15-16-17-18-19-20-21-22-45(52)56-34-44-46(53)47(54)48(55)49(58-44)57-39-29-31-50(6)38(33-39)25-26-40-42-28-27-41(51(42,7)32-30-43(40)50)36(5)23-24-37(9-2)35(3)4/h26,35-39,41-44,46-49,53-55H,8-25,27-34H2,1-7H3/t36-,37+,38-,39-,41+,42+,43+,44-,46-,47+,48-,49-,50-,51+/m1/s1. The minimum absolute atomic E-state index is 0.0998. The van der Waals surface area contributed by atoms with Crippen LogP contribution in [-0.2, 0) is 19.0 Å². The Labute approximate surface area is 355 Å². The quantitative estimate of drug-likeness (QED) is 0.0506. The number of carbonyl (C=O) groups excluding carboxylic acids is 1. The molecule has 5 rings (SSSR count). The van der Waals surface area contributed by atoms with Crippen molar-refractivity contribution in [2.75, 3.05) is 6.61 Å². The maximum atomic E-state index is 12.6. The summed E-state index contributed by atoms with van der Waals surface area (Å²) in [4.78, 5) is 12.6. The molecule has 0 aromatic heterocycles. The molecule has 7 nitrogen and oxygen atoms in total. The van der Waals surface area contributed by atoms with Gasteiger partial charge in [-0.15, -0.1) is 0 Å². The van der Waals surface area contributed by atoms with E-state index in [1.807, 2.05) is 0 Å². The Kier molecular flexibility index (Phi) is 19.0. The van der Waals surface area contributed by atoms with Gasteiger partial charge in [0.15, 0.2) is 6.29 Å². The fourth-order valence-corrected chi connectivity index (χ4v) is 13.1. The van der Waals surface area contributed by atoms with Gasteiger partial charge in [0.25, 0.3) is 0 Å². The van der Waals surface area contributed by atoms with Crippen molar-refractivity contribution in [1.82, 2.24) is 0 Å². The van der Waals surface area contributed by atoms with Crippen LogP contribution in [0.15, 0.2) is 11.6 Å². The second kappa shape index (κ2) is 22.9. The van der Waals surface area contributed by atoms with Gasteiger partial charge in [-0.05, 0) is 116 Å². The summed E-state index contributed by atoms with van der Waals surface area (Å²) >= 11 is 0. The summed E-state index contributed by atoms with van der Waals surface area (Å²) in [6.07, 6.45) is 26.2. The SMILES string of the molecule is CCCCCCCCCCCCCCCC(=O)OC[C@H]1O[C@@H](O[C@@H]2CC[C@]3(C)[C@H](CC=C4[C@@H]3CC[C@]3(C)[C@H]4CC[C@H]3[C@H](C)CC[C@H](CC)C(C)C)C2)[C@H](O)[C@@H](O)[C@@H]1O. The van der Waals surface area contributed by atoms with Gasteiger partial charge >= 0.3 is 5.97 Å². The lowest BCUT2D eigenvalue weighted by Crippen LogP contribution is -2.60. The van der Waals surface area contributed by atoms with E-state index < -0.39 is 30.7 Å². The zero-order valence-corrected chi connectivity index (χ0v) is 38.4. The second-order valence-corrected chi connectivity index (χ2v) is 21.2. The van der Waals surface area contributed by atoms with Crippen LogP contribution in [0, 0.1) is 52.3 Å². The number of rotatable bonds is 24. The van der Waals surface area contributed by atoms with Gasteiger partial charge < -0.3 is 29.5 Å². The van der Waals surface area contributed by atoms with Gasteiger partial charge in [-0.25, -0.2) is 0 Å². The minimum Gasteiger partial charge on any atom is -0.463 e. The third kappa shape index (κ3) is 11.9. The topological polar surface area (TPSA) is 105 Å². The van der Waals surface area contributed by atoms with Crippen molar-refractivity contribution in [3.63, 3.8) is 0 Å². The highest BCUT2D eigenvalue weighted by Crippen LogP contribution is 2.67.